The van der Waals surface area contributed by atoms with Gasteiger partial charge in [0, 0.05) is 18.9 Å². The highest BCUT2D eigenvalue weighted by molar-refractivity contribution is 5.45. The zero-order chi connectivity index (χ0) is 22.1. The van der Waals surface area contributed by atoms with Crippen LogP contribution in [-0.4, -0.2) is 42.4 Å². The number of phenolic OH excluding ortho intramolecular Hbond substituents is 1. The minimum atomic E-state index is -0.385. The second-order valence-electron chi connectivity index (χ2n) is 11.1. The van der Waals surface area contributed by atoms with Gasteiger partial charge in [0.1, 0.15) is 11.5 Å². The summed E-state index contributed by atoms with van der Waals surface area (Å²) in [5, 5.41) is 21.2. The third-order valence-electron chi connectivity index (χ3n) is 9.75. The molecule has 1 aromatic carbocycles. The van der Waals surface area contributed by atoms with Crippen molar-refractivity contribution in [2.75, 3.05) is 20.3 Å². The van der Waals surface area contributed by atoms with Gasteiger partial charge in [0.15, 0.2) is 5.79 Å². The number of hydrogen-bond acceptors (Lipinski definition) is 5. The molecule has 1 saturated heterocycles. The average molecular weight is 441 g/mol. The second kappa shape index (κ2) is 7.48. The summed E-state index contributed by atoms with van der Waals surface area (Å²) in [7, 11) is 1.69. The first-order valence-electron chi connectivity index (χ1n) is 12.5. The average Bonchev–Trinajstić information content (AvgIpc) is 3.36. The summed E-state index contributed by atoms with van der Waals surface area (Å²) in [5.74, 6) is 2.55. The van der Waals surface area contributed by atoms with Gasteiger partial charge in [-0.05, 0) is 79.2 Å². The molecular formula is C27H36O5. The van der Waals surface area contributed by atoms with E-state index in [1.54, 1.807) is 30.4 Å². The van der Waals surface area contributed by atoms with Crippen LogP contribution in [-0.2, 0) is 9.47 Å². The fourth-order valence-electron chi connectivity index (χ4n) is 8.34. The standard InChI is InChI=1S/C27H36O5/c1-26-15-21(19-6-4-17(28)13-23(19)30-2)25-18-9-10-27(31-11-12-32-27)14-16(18)3-5-20(25)22(26)7-8-24(26)29/h4,6,13,20-22,24-25,28-29H,3,5,7-12,14-15H2,1-2H3/t20-,21+,22-,24-,25+,26-/m0/s1. The molecule has 2 saturated carbocycles. The third kappa shape index (κ3) is 3.00. The largest absolute Gasteiger partial charge is 0.508 e. The van der Waals surface area contributed by atoms with Gasteiger partial charge in [0.05, 0.1) is 26.4 Å². The quantitative estimate of drug-likeness (QED) is 0.639. The predicted octanol–water partition coefficient (Wildman–Crippen LogP) is 4.92. The van der Waals surface area contributed by atoms with E-state index in [1.807, 2.05) is 0 Å². The van der Waals surface area contributed by atoms with E-state index >= 15 is 0 Å². The second-order valence-corrected chi connectivity index (χ2v) is 11.1. The fourth-order valence-corrected chi connectivity index (χ4v) is 8.34. The number of aliphatic hydroxyl groups excluding tert-OH is 1. The minimum absolute atomic E-state index is 0.0552. The molecule has 1 heterocycles. The van der Waals surface area contributed by atoms with Crippen LogP contribution < -0.4 is 4.74 Å². The van der Waals surface area contributed by atoms with Crippen LogP contribution >= 0.6 is 0 Å². The van der Waals surface area contributed by atoms with Gasteiger partial charge >= 0.3 is 0 Å². The van der Waals surface area contributed by atoms with Crippen molar-refractivity contribution in [3.8, 4) is 11.5 Å². The molecule has 174 valence electrons. The molecule has 0 aromatic heterocycles. The molecule has 5 nitrogen and oxygen atoms in total. The zero-order valence-corrected chi connectivity index (χ0v) is 19.3. The van der Waals surface area contributed by atoms with Crippen molar-refractivity contribution in [2.24, 2.45) is 23.2 Å². The molecule has 32 heavy (non-hydrogen) atoms. The molecule has 5 heteroatoms. The van der Waals surface area contributed by atoms with Crippen LogP contribution in [0.1, 0.15) is 69.8 Å². The molecule has 1 spiro atoms. The smallest absolute Gasteiger partial charge is 0.172 e. The number of phenols is 1. The van der Waals surface area contributed by atoms with E-state index in [-0.39, 0.29) is 29.0 Å². The summed E-state index contributed by atoms with van der Waals surface area (Å²) in [6.45, 7) is 3.74. The van der Waals surface area contributed by atoms with Crippen molar-refractivity contribution in [2.45, 2.75) is 76.1 Å². The number of aliphatic hydroxyl groups is 1. The predicted molar refractivity (Wildman–Crippen MR) is 121 cm³/mol. The summed E-state index contributed by atoms with van der Waals surface area (Å²) in [4.78, 5) is 0. The maximum atomic E-state index is 11.1. The van der Waals surface area contributed by atoms with Crippen molar-refractivity contribution in [1.29, 1.82) is 0 Å². The van der Waals surface area contributed by atoms with Gasteiger partial charge < -0.3 is 24.4 Å². The lowest BCUT2D eigenvalue weighted by Crippen LogP contribution is -2.49. The van der Waals surface area contributed by atoms with Crippen LogP contribution in [0.2, 0.25) is 0 Å². The Morgan fingerprint density at radius 2 is 1.91 bits per heavy atom. The summed E-state index contributed by atoms with van der Waals surface area (Å²) >= 11 is 0. The first-order valence-corrected chi connectivity index (χ1v) is 12.5. The lowest BCUT2D eigenvalue weighted by Gasteiger charge is -2.56. The van der Waals surface area contributed by atoms with Crippen LogP contribution in [0.3, 0.4) is 0 Å². The highest BCUT2D eigenvalue weighted by Gasteiger charge is 2.59. The van der Waals surface area contributed by atoms with E-state index < -0.39 is 0 Å². The highest BCUT2D eigenvalue weighted by Crippen LogP contribution is 2.66. The Morgan fingerprint density at radius 3 is 2.69 bits per heavy atom. The Morgan fingerprint density at radius 1 is 1.09 bits per heavy atom. The topological polar surface area (TPSA) is 68.2 Å². The number of ether oxygens (including phenoxy) is 3. The Hall–Kier alpha value is -1.56. The molecule has 3 fully saturated rings. The molecule has 2 N–H and O–H groups in total. The Balaban J connectivity index is 1.45. The molecule has 0 bridgehead atoms. The van der Waals surface area contributed by atoms with Gasteiger partial charge in [-0.3, -0.25) is 0 Å². The molecule has 4 aliphatic carbocycles. The molecule has 6 atom stereocenters. The van der Waals surface area contributed by atoms with Crippen molar-refractivity contribution in [1.82, 2.24) is 0 Å². The van der Waals surface area contributed by atoms with Crippen LogP contribution in [0.15, 0.2) is 29.3 Å². The molecule has 5 aliphatic rings. The Kier molecular flexibility index (Phi) is 4.91. The van der Waals surface area contributed by atoms with Gasteiger partial charge in [0.2, 0.25) is 0 Å². The van der Waals surface area contributed by atoms with E-state index in [0.29, 0.717) is 31.0 Å². The molecule has 0 unspecified atom stereocenters. The lowest BCUT2D eigenvalue weighted by molar-refractivity contribution is -0.166. The van der Waals surface area contributed by atoms with Crippen molar-refractivity contribution < 1.29 is 24.4 Å². The van der Waals surface area contributed by atoms with Crippen LogP contribution in [0.4, 0.5) is 0 Å². The zero-order valence-electron chi connectivity index (χ0n) is 19.3. The maximum absolute atomic E-state index is 11.1. The van der Waals surface area contributed by atoms with Gasteiger partial charge in [-0.15, -0.1) is 0 Å². The van der Waals surface area contributed by atoms with Crippen molar-refractivity contribution >= 4 is 0 Å². The maximum Gasteiger partial charge on any atom is 0.172 e. The number of methoxy groups -OCH3 is 1. The summed E-state index contributed by atoms with van der Waals surface area (Å²) in [6, 6.07) is 5.60. The van der Waals surface area contributed by atoms with Crippen molar-refractivity contribution in [3.63, 3.8) is 0 Å². The fraction of sp³-hybridized carbons (Fsp3) is 0.704. The van der Waals surface area contributed by atoms with Gasteiger partial charge in [0.25, 0.3) is 0 Å². The highest BCUT2D eigenvalue weighted by atomic mass is 16.7. The number of benzene rings is 1. The van der Waals surface area contributed by atoms with E-state index in [9.17, 15) is 10.2 Å². The monoisotopic (exact) mass is 440 g/mol. The third-order valence-corrected chi connectivity index (χ3v) is 9.75. The van der Waals surface area contributed by atoms with E-state index in [2.05, 4.69) is 13.0 Å². The first kappa shape index (κ1) is 21.0. The SMILES string of the molecule is COc1cc(O)ccc1[C@H]1C[C@]2(C)[C@@H](O)CC[C@H]2[C@@H]2CCC3=C(CCC4(C3)OCCO4)[C@H]21. The summed E-state index contributed by atoms with van der Waals surface area (Å²) < 4.78 is 17.9. The van der Waals surface area contributed by atoms with Gasteiger partial charge in [-0.25, -0.2) is 0 Å². The number of hydrogen-bond donors (Lipinski definition) is 2. The first-order chi connectivity index (χ1) is 15.4. The van der Waals surface area contributed by atoms with Crippen LogP contribution in [0.5, 0.6) is 11.5 Å². The Bertz CT molecular complexity index is 932. The van der Waals surface area contributed by atoms with E-state index in [1.165, 1.54) is 12.0 Å². The van der Waals surface area contributed by atoms with Crippen LogP contribution in [0.25, 0.3) is 0 Å². The Labute approximate surface area is 190 Å². The van der Waals surface area contributed by atoms with Gasteiger partial charge in [-0.1, -0.05) is 24.1 Å². The summed E-state index contributed by atoms with van der Waals surface area (Å²) in [6.07, 6.45) is 8.00. The number of allylic oxidation sites excluding steroid dienone is 1. The molecule has 6 rings (SSSR count). The van der Waals surface area contributed by atoms with Gasteiger partial charge in [-0.2, -0.15) is 0 Å². The van der Waals surface area contributed by atoms with Crippen LogP contribution in [0, 0.1) is 23.2 Å². The number of fused-ring (bicyclic) bond motifs is 4. The number of rotatable bonds is 2. The normalized spacial score (nSPS) is 40.2. The molecular weight excluding hydrogens is 404 g/mol. The van der Waals surface area contributed by atoms with E-state index in [4.69, 9.17) is 14.2 Å². The number of aromatic hydroxyl groups is 1. The molecule has 0 radical (unpaired) electrons. The molecule has 1 aliphatic heterocycles. The van der Waals surface area contributed by atoms with Crippen molar-refractivity contribution in [3.05, 3.63) is 34.9 Å². The van der Waals surface area contributed by atoms with E-state index in [0.717, 1.165) is 50.7 Å². The molecule has 1 aromatic rings. The minimum Gasteiger partial charge on any atom is -0.508 e. The summed E-state index contributed by atoms with van der Waals surface area (Å²) in [5.41, 5.74) is 4.32. The lowest BCUT2D eigenvalue weighted by atomic mass is 9.49. The molecule has 0 amide bonds.